The number of hydrogen-bond donors (Lipinski definition) is 2. The minimum absolute atomic E-state index is 0.300. The van der Waals surface area contributed by atoms with Crippen LogP contribution in [0.1, 0.15) is 5.56 Å². The molecule has 2 aromatic heterocycles. The second-order valence-corrected chi connectivity index (χ2v) is 4.27. The van der Waals surface area contributed by atoms with Gasteiger partial charge in [0.2, 0.25) is 0 Å². The fraction of sp³-hybridized carbons (Fsp3) is 0.0769. The number of nitrogens with zero attached hydrogens (tertiary/aromatic N) is 3. The van der Waals surface area contributed by atoms with Crippen LogP contribution in [0.4, 0.5) is 0 Å². The Morgan fingerprint density at radius 1 is 1.15 bits per heavy atom. The lowest BCUT2D eigenvalue weighted by Crippen LogP contribution is -2.30. The van der Waals surface area contributed by atoms with Crippen molar-refractivity contribution in [3.8, 4) is 11.3 Å². The molecular formula is C13H11N5O2. The van der Waals surface area contributed by atoms with Gasteiger partial charge in [0.25, 0.3) is 5.56 Å². The van der Waals surface area contributed by atoms with Crippen molar-refractivity contribution < 1.29 is 0 Å². The summed E-state index contributed by atoms with van der Waals surface area (Å²) < 4.78 is 1.43. The van der Waals surface area contributed by atoms with Gasteiger partial charge in [-0.25, -0.2) is 4.79 Å². The first-order valence-corrected chi connectivity index (χ1v) is 5.98. The van der Waals surface area contributed by atoms with E-state index < -0.39 is 11.2 Å². The molecule has 0 saturated heterocycles. The Morgan fingerprint density at radius 3 is 2.65 bits per heavy atom. The molecule has 2 heterocycles. The maximum Gasteiger partial charge on any atom is 0.328 e. The van der Waals surface area contributed by atoms with Gasteiger partial charge in [-0.2, -0.15) is 15.4 Å². The van der Waals surface area contributed by atoms with E-state index >= 15 is 0 Å². The Labute approximate surface area is 112 Å². The lowest BCUT2D eigenvalue weighted by atomic mass is 10.2. The topological polar surface area (TPSA) is 96.4 Å². The van der Waals surface area contributed by atoms with Gasteiger partial charge in [-0.1, -0.05) is 30.3 Å². The van der Waals surface area contributed by atoms with E-state index in [0.717, 1.165) is 5.56 Å². The van der Waals surface area contributed by atoms with E-state index in [4.69, 9.17) is 0 Å². The van der Waals surface area contributed by atoms with E-state index in [1.807, 2.05) is 30.3 Å². The Morgan fingerprint density at radius 2 is 1.95 bits per heavy atom. The first kappa shape index (κ1) is 12.1. The molecule has 2 N–H and O–H groups in total. The maximum atomic E-state index is 11.8. The largest absolute Gasteiger partial charge is 0.328 e. The van der Waals surface area contributed by atoms with Crippen LogP contribution >= 0.6 is 0 Å². The average molecular weight is 269 g/mol. The number of benzene rings is 1. The molecule has 3 aromatic rings. The highest BCUT2D eigenvalue weighted by molar-refractivity contribution is 5.54. The van der Waals surface area contributed by atoms with E-state index in [1.165, 1.54) is 17.0 Å². The molecule has 0 saturated carbocycles. The van der Waals surface area contributed by atoms with Crippen molar-refractivity contribution in [2.45, 2.75) is 6.54 Å². The molecule has 0 bridgehead atoms. The molecule has 1 aromatic carbocycles. The second kappa shape index (κ2) is 4.96. The Kier molecular flexibility index (Phi) is 3.00. The smallest absolute Gasteiger partial charge is 0.295 e. The summed E-state index contributed by atoms with van der Waals surface area (Å²) in [4.78, 5) is 25.9. The molecule has 3 rings (SSSR count). The van der Waals surface area contributed by atoms with Crippen LogP contribution in [0.25, 0.3) is 11.3 Å². The highest BCUT2D eigenvalue weighted by Gasteiger charge is 2.09. The third kappa shape index (κ3) is 2.28. The van der Waals surface area contributed by atoms with Gasteiger partial charge in [-0.05, 0) is 5.56 Å². The minimum Gasteiger partial charge on any atom is -0.295 e. The molecule has 0 unspecified atom stereocenters. The molecule has 0 amide bonds. The summed E-state index contributed by atoms with van der Waals surface area (Å²) in [7, 11) is 0. The lowest BCUT2D eigenvalue weighted by Gasteiger charge is -2.06. The number of aromatic amines is 2. The Balaban J connectivity index is 2.06. The number of aromatic nitrogens is 5. The summed E-state index contributed by atoms with van der Waals surface area (Å²) in [6.45, 7) is 0.376. The van der Waals surface area contributed by atoms with Crippen LogP contribution in [0.3, 0.4) is 0 Å². The van der Waals surface area contributed by atoms with E-state index in [2.05, 4.69) is 20.4 Å². The predicted octanol–water partition coefficient (Wildman–Crippen LogP) is 0.370. The summed E-state index contributed by atoms with van der Waals surface area (Å²) in [6, 6.07) is 9.51. The van der Waals surface area contributed by atoms with Crippen molar-refractivity contribution in [3.63, 3.8) is 0 Å². The molecule has 0 atom stereocenters. The van der Waals surface area contributed by atoms with Gasteiger partial charge in [0.05, 0.1) is 18.3 Å². The third-order valence-corrected chi connectivity index (χ3v) is 2.90. The van der Waals surface area contributed by atoms with Crippen molar-refractivity contribution in [1.82, 2.24) is 25.0 Å². The van der Waals surface area contributed by atoms with Gasteiger partial charge in [0.15, 0.2) is 0 Å². The van der Waals surface area contributed by atoms with E-state index in [1.54, 1.807) is 0 Å². The van der Waals surface area contributed by atoms with Gasteiger partial charge in [0, 0.05) is 6.20 Å². The first-order valence-electron chi connectivity index (χ1n) is 5.98. The monoisotopic (exact) mass is 269 g/mol. The molecule has 7 heteroatoms. The van der Waals surface area contributed by atoms with E-state index in [-0.39, 0.29) is 0 Å². The summed E-state index contributed by atoms with van der Waals surface area (Å²) in [5, 5.41) is 9.95. The SMILES string of the molecule is O=c1[nH]c(=O)n(Cc2ccccc2)cc1-c1cn[nH]n1. The Hall–Kier alpha value is -2.96. The molecule has 100 valence electrons. The fourth-order valence-corrected chi connectivity index (χ4v) is 1.92. The number of hydrogen-bond acceptors (Lipinski definition) is 4. The zero-order valence-corrected chi connectivity index (χ0v) is 10.4. The Bertz CT molecular complexity index is 818. The van der Waals surface area contributed by atoms with Crippen LogP contribution in [0.15, 0.2) is 52.3 Å². The van der Waals surface area contributed by atoms with Crippen LogP contribution in [0.5, 0.6) is 0 Å². The number of H-pyrrole nitrogens is 2. The standard InChI is InChI=1S/C13H11N5O2/c19-12-10(11-6-14-17-16-11)8-18(13(20)15-12)7-9-4-2-1-3-5-9/h1-6,8H,7H2,(H,14,16,17)(H,15,19,20). The van der Waals surface area contributed by atoms with Crippen molar-refractivity contribution in [1.29, 1.82) is 0 Å². The zero-order chi connectivity index (χ0) is 13.9. The van der Waals surface area contributed by atoms with Crippen molar-refractivity contribution in [2.75, 3.05) is 0 Å². The normalized spacial score (nSPS) is 10.6. The average Bonchev–Trinajstić information content (AvgIpc) is 2.97. The van der Waals surface area contributed by atoms with E-state index in [0.29, 0.717) is 17.8 Å². The van der Waals surface area contributed by atoms with Gasteiger partial charge in [0.1, 0.15) is 5.69 Å². The highest BCUT2D eigenvalue weighted by atomic mass is 16.2. The van der Waals surface area contributed by atoms with Crippen molar-refractivity contribution in [2.24, 2.45) is 0 Å². The van der Waals surface area contributed by atoms with Crippen molar-refractivity contribution >= 4 is 0 Å². The molecule has 20 heavy (non-hydrogen) atoms. The summed E-state index contributed by atoms with van der Waals surface area (Å²) in [5.74, 6) is 0. The number of nitrogens with one attached hydrogen (secondary N) is 2. The fourth-order valence-electron chi connectivity index (χ4n) is 1.92. The van der Waals surface area contributed by atoms with Gasteiger partial charge < -0.3 is 0 Å². The van der Waals surface area contributed by atoms with Gasteiger partial charge in [-0.15, -0.1) is 0 Å². The number of rotatable bonds is 3. The van der Waals surface area contributed by atoms with Crippen LogP contribution < -0.4 is 11.2 Å². The summed E-state index contributed by atoms with van der Waals surface area (Å²) in [6.07, 6.45) is 2.92. The quantitative estimate of drug-likeness (QED) is 0.718. The lowest BCUT2D eigenvalue weighted by molar-refractivity contribution is 0.722. The molecule has 0 aliphatic carbocycles. The molecule has 0 spiro atoms. The van der Waals surface area contributed by atoms with Gasteiger partial charge in [-0.3, -0.25) is 14.3 Å². The minimum atomic E-state index is -0.479. The molecule has 0 aliphatic rings. The van der Waals surface area contributed by atoms with Gasteiger partial charge >= 0.3 is 5.69 Å². The van der Waals surface area contributed by atoms with Crippen LogP contribution in [-0.4, -0.2) is 25.0 Å². The first-order chi connectivity index (χ1) is 9.74. The highest BCUT2D eigenvalue weighted by Crippen LogP contribution is 2.08. The van der Waals surface area contributed by atoms with E-state index in [9.17, 15) is 9.59 Å². The second-order valence-electron chi connectivity index (χ2n) is 4.27. The molecule has 7 nitrogen and oxygen atoms in total. The summed E-state index contributed by atoms with van der Waals surface area (Å²) in [5.41, 5.74) is 0.731. The predicted molar refractivity (Wildman–Crippen MR) is 72.2 cm³/mol. The summed E-state index contributed by atoms with van der Waals surface area (Å²) >= 11 is 0. The van der Waals surface area contributed by atoms with Crippen LogP contribution in [0.2, 0.25) is 0 Å². The molecule has 0 fully saturated rings. The zero-order valence-electron chi connectivity index (χ0n) is 10.4. The maximum absolute atomic E-state index is 11.8. The van der Waals surface area contributed by atoms with Crippen molar-refractivity contribution in [3.05, 3.63) is 69.1 Å². The van der Waals surface area contributed by atoms with Crippen LogP contribution in [-0.2, 0) is 6.54 Å². The molecule has 0 aliphatic heterocycles. The van der Waals surface area contributed by atoms with Crippen LogP contribution in [0, 0.1) is 0 Å². The molecular weight excluding hydrogens is 258 g/mol. The third-order valence-electron chi connectivity index (χ3n) is 2.90. The molecule has 0 radical (unpaired) electrons.